The number of hydrogen-bond acceptors (Lipinski definition) is 1. The lowest BCUT2D eigenvalue weighted by Crippen LogP contribution is -2.36. The zero-order valence-electron chi connectivity index (χ0n) is 10.4. The Kier molecular flexibility index (Phi) is 5.04. The minimum atomic E-state index is -0.683. The summed E-state index contributed by atoms with van der Waals surface area (Å²) in [5, 5.41) is 0. The van der Waals surface area contributed by atoms with Crippen molar-refractivity contribution in [3.05, 3.63) is 0 Å². The predicted molar refractivity (Wildman–Crippen MR) is 63.4 cm³/mol. The van der Waals surface area contributed by atoms with E-state index >= 15 is 0 Å². The van der Waals surface area contributed by atoms with E-state index in [0.717, 1.165) is 12.8 Å². The molecular weight excluding hydrogens is 189 g/mol. The molecule has 1 rings (SSSR count). The second kappa shape index (κ2) is 5.83. The SMILES string of the molecule is CC1CCCC(C(F)C(CN)C(C)C)C1. The standard InChI is InChI=1S/C13H26FN/c1-9(2)12(8-15)13(14)11-6-4-5-10(3)7-11/h9-13H,4-8,15H2,1-3H3. The highest BCUT2D eigenvalue weighted by Crippen LogP contribution is 2.36. The van der Waals surface area contributed by atoms with E-state index in [1.165, 1.54) is 12.8 Å². The van der Waals surface area contributed by atoms with Crippen molar-refractivity contribution in [3.8, 4) is 0 Å². The first-order valence-corrected chi connectivity index (χ1v) is 6.40. The van der Waals surface area contributed by atoms with Crippen LogP contribution in [0.1, 0.15) is 46.5 Å². The highest BCUT2D eigenvalue weighted by atomic mass is 19.1. The van der Waals surface area contributed by atoms with E-state index in [-0.39, 0.29) is 11.8 Å². The van der Waals surface area contributed by atoms with Crippen LogP contribution in [0, 0.1) is 23.7 Å². The summed E-state index contributed by atoms with van der Waals surface area (Å²) in [7, 11) is 0. The topological polar surface area (TPSA) is 26.0 Å². The molecule has 0 heterocycles. The third-order valence-corrected chi connectivity index (χ3v) is 3.96. The Morgan fingerprint density at radius 2 is 2.00 bits per heavy atom. The summed E-state index contributed by atoms with van der Waals surface area (Å²) in [6, 6.07) is 0. The van der Waals surface area contributed by atoms with Crippen molar-refractivity contribution in [2.24, 2.45) is 29.4 Å². The molecular formula is C13H26FN. The molecule has 1 saturated carbocycles. The number of rotatable bonds is 4. The van der Waals surface area contributed by atoms with E-state index in [4.69, 9.17) is 5.73 Å². The molecule has 90 valence electrons. The van der Waals surface area contributed by atoms with Gasteiger partial charge in [0.15, 0.2) is 0 Å². The lowest BCUT2D eigenvalue weighted by Gasteiger charge is -2.34. The van der Waals surface area contributed by atoms with Gasteiger partial charge in [0.05, 0.1) is 0 Å². The zero-order valence-corrected chi connectivity index (χ0v) is 10.4. The van der Waals surface area contributed by atoms with Crippen LogP contribution >= 0.6 is 0 Å². The Labute approximate surface area is 93.6 Å². The van der Waals surface area contributed by atoms with Crippen molar-refractivity contribution in [1.82, 2.24) is 0 Å². The molecule has 0 aliphatic heterocycles. The van der Waals surface area contributed by atoms with Gasteiger partial charge >= 0.3 is 0 Å². The molecule has 0 amide bonds. The molecule has 0 spiro atoms. The molecule has 1 fully saturated rings. The molecule has 4 unspecified atom stereocenters. The van der Waals surface area contributed by atoms with E-state index in [9.17, 15) is 4.39 Å². The minimum absolute atomic E-state index is 0.0558. The molecule has 1 nitrogen and oxygen atoms in total. The van der Waals surface area contributed by atoms with Gasteiger partial charge in [-0.2, -0.15) is 0 Å². The lowest BCUT2D eigenvalue weighted by molar-refractivity contribution is 0.0831. The summed E-state index contributed by atoms with van der Waals surface area (Å²) in [6.45, 7) is 6.89. The van der Waals surface area contributed by atoms with Crippen LogP contribution in [0.4, 0.5) is 4.39 Å². The molecule has 2 heteroatoms. The number of hydrogen-bond donors (Lipinski definition) is 1. The normalized spacial score (nSPS) is 31.6. The summed E-state index contributed by atoms with van der Waals surface area (Å²) in [5.41, 5.74) is 5.68. The Balaban J connectivity index is 2.53. The molecule has 1 aliphatic rings. The van der Waals surface area contributed by atoms with Crippen molar-refractivity contribution in [2.75, 3.05) is 6.54 Å². The second-order valence-electron chi connectivity index (χ2n) is 5.62. The van der Waals surface area contributed by atoms with E-state index in [0.29, 0.717) is 18.4 Å². The Hall–Kier alpha value is -0.110. The molecule has 1 aliphatic carbocycles. The molecule has 0 aromatic heterocycles. The number of nitrogens with two attached hydrogens (primary N) is 1. The predicted octanol–water partition coefficient (Wildman–Crippen LogP) is 3.38. The summed E-state index contributed by atoms with van der Waals surface area (Å²) < 4.78 is 14.3. The average molecular weight is 215 g/mol. The second-order valence-corrected chi connectivity index (χ2v) is 5.62. The first kappa shape index (κ1) is 13.0. The van der Waals surface area contributed by atoms with Gasteiger partial charge in [-0.15, -0.1) is 0 Å². The van der Waals surface area contributed by atoms with E-state index in [1.54, 1.807) is 0 Å². The fourth-order valence-corrected chi connectivity index (χ4v) is 2.89. The van der Waals surface area contributed by atoms with Gasteiger partial charge in [0, 0.05) is 5.92 Å². The Bertz CT molecular complexity index is 181. The van der Waals surface area contributed by atoms with E-state index in [1.807, 2.05) is 0 Å². The van der Waals surface area contributed by atoms with E-state index in [2.05, 4.69) is 20.8 Å². The average Bonchev–Trinajstić information content (AvgIpc) is 2.18. The van der Waals surface area contributed by atoms with Crippen LogP contribution in [-0.2, 0) is 0 Å². The van der Waals surface area contributed by atoms with Crippen molar-refractivity contribution >= 4 is 0 Å². The molecule has 2 N–H and O–H groups in total. The summed E-state index contributed by atoms with van der Waals surface area (Å²) >= 11 is 0. The zero-order chi connectivity index (χ0) is 11.4. The van der Waals surface area contributed by atoms with Crippen molar-refractivity contribution in [3.63, 3.8) is 0 Å². The summed E-state index contributed by atoms with van der Waals surface area (Å²) in [4.78, 5) is 0. The van der Waals surface area contributed by atoms with E-state index < -0.39 is 6.17 Å². The smallest absolute Gasteiger partial charge is 0.107 e. The van der Waals surface area contributed by atoms with Crippen molar-refractivity contribution < 1.29 is 4.39 Å². The third kappa shape index (κ3) is 3.44. The van der Waals surface area contributed by atoms with Crippen LogP contribution in [0.2, 0.25) is 0 Å². The molecule has 0 bridgehead atoms. The van der Waals surface area contributed by atoms with Crippen molar-refractivity contribution in [1.29, 1.82) is 0 Å². The van der Waals surface area contributed by atoms with Crippen LogP contribution in [0.25, 0.3) is 0 Å². The van der Waals surface area contributed by atoms with Crippen LogP contribution in [0.15, 0.2) is 0 Å². The van der Waals surface area contributed by atoms with Crippen LogP contribution < -0.4 is 5.73 Å². The van der Waals surface area contributed by atoms with Gasteiger partial charge in [-0.25, -0.2) is 4.39 Å². The first-order chi connectivity index (χ1) is 7.06. The number of alkyl halides is 1. The van der Waals surface area contributed by atoms with Crippen LogP contribution in [0.5, 0.6) is 0 Å². The molecule has 0 saturated heterocycles. The van der Waals surface area contributed by atoms with Crippen LogP contribution in [0.3, 0.4) is 0 Å². The van der Waals surface area contributed by atoms with Crippen molar-refractivity contribution in [2.45, 2.75) is 52.6 Å². The molecule has 4 atom stereocenters. The quantitative estimate of drug-likeness (QED) is 0.764. The maximum absolute atomic E-state index is 14.3. The molecule has 0 aromatic rings. The molecule has 0 radical (unpaired) electrons. The Morgan fingerprint density at radius 1 is 1.33 bits per heavy atom. The largest absolute Gasteiger partial charge is 0.330 e. The lowest BCUT2D eigenvalue weighted by atomic mass is 9.74. The highest BCUT2D eigenvalue weighted by molar-refractivity contribution is 4.83. The maximum atomic E-state index is 14.3. The first-order valence-electron chi connectivity index (χ1n) is 6.40. The van der Waals surface area contributed by atoms with Gasteiger partial charge in [0.2, 0.25) is 0 Å². The summed E-state index contributed by atoms with van der Waals surface area (Å²) in [6.07, 6.45) is 3.91. The Morgan fingerprint density at radius 3 is 2.47 bits per heavy atom. The minimum Gasteiger partial charge on any atom is -0.330 e. The van der Waals surface area contributed by atoms with Gasteiger partial charge in [0.25, 0.3) is 0 Å². The molecule has 0 aromatic carbocycles. The maximum Gasteiger partial charge on any atom is 0.107 e. The van der Waals surface area contributed by atoms with Crippen LogP contribution in [-0.4, -0.2) is 12.7 Å². The third-order valence-electron chi connectivity index (χ3n) is 3.96. The summed E-state index contributed by atoms with van der Waals surface area (Å²) in [5.74, 6) is 1.39. The highest BCUT2D eigenvalue weighted by Gasteiger charge is 2.33. The van der Waals surface area contributed by atoms with Gasteiger partial charge in [-0.1, -0.05) is 33.6 Å². The van der Waals surface area contributed by atoms with Gasteiger partial charge < -0.3 is 5.73 Å². The van der Waals surface area contributed by atoms with Gasteiger partial charge in [-0.3, -0.25) is 0 Å². The molecule has 15 heavy (non-hydrogen) atoms. The van der Waals surface area contributed by atoms with Gasteiger partial charge in [0.1, 0.15) is 6.17 Å². The number of halogens is 1. The van der Waals surface area contributed by atoms with Gasteiger partial charge in [-0.05, 0) is 37.1 Å². The fraction of sp³-hybridized carbons (Fsp3) is 1.00. The monoisotopic (exact) mass is 215 g/mol. The fourth-order valence-electron chi connectivity index (χ4n) is 2.89.